The molecule has 2 fully saturated rings. The van der Waals surface area contributed by atoms with Crippen LogP contribution >= 0.6 is 0 Å². The van der Waals surface area contributed by atoms with Crippen molar-refractivity contribution in [2.45, 2.75) is 25.3 Å². The number of anilines is 1. The summed E-state index contributed by atoms with van der Waals surface area (Å²) in [5.41, 5.74) is -0.277. The van der Waals surface area contributed by atoms with Gasteiger partial charge in [-0.3, -0.25) is 19.5 Å². The fraction of sp³-hybridized carbons (Fsp3) is 0.429. The molecule has 0 spiro atoms. The Balaban J connectivity index is 1.66. The quantitative estimate of drug-likeness (QED) is 0.799. The Morgan fingerprint density at radius 3 is 2.71 bits per heavy atom. The zero-order valence-corrected chi connectivity index (χ0v) is 11.6. The van der Waals surface area contributed by atoms with Crippen molar-refractivity contribution >= 4 is 23.5 Å². The number of urea groups is 1. The molecule has 2 aliphatic rings. The van der Waals surface area contributed by atoms with E-state index in [1.54, 1.807) is 31.5 Å². The smallest absolute Gasteiger partial charge is 0.324 e. The summed E-state index contributed by atoms with van der Waals surface area (Å²) in [6, 6.07) is 2.77. The van der Waals surface area contributed by atoms with Crippen molar-refractivity contribution in [1.82, 2.24) is 15.2 Å². The van der Waals surface area contributed by atoms with Crippen LogP contribution in [-0.4, -0.2) is 39.8 Å². The number of imide groups is 1. The number of amides is 4. The number of hydrogen-bond acceptors (Lipinski definition) is 4. The van der Waals surface area contributed by atoms with E-state index in [4.69, 9.17) is 0 Å². The van der Waals surface area contributed by atoms with Gasteiger partial charge in [-0.2, -0.15) is 0 Å². The van der Waals surface area contributed by atoms with Gasteiger partial charge in [-0.15, -0.1) is 0 Å². The predicted molar refractivity (Wildman–Crippen MR) is 74.2 cm³/mol. The molecule has 2 N–H and O–H groups in total. The molecule has 2 heterocycles. The Hall–Kier alpha value is -2.44. The lowest BCUT2D eigenvalue weighted by molar-refractivity contribution is -0.134. The zero-order valence-electron chi connectivity index (χ0n) is 11.6. The highest BCUT2D eigenvalue weighted by Crippen LogP contribution is 2.42. The van der Waals surface area contributed by atoms with Crippen LogP contribution in [0.3, 0.4) is 0 Å². The van der Waals surface area contributed by atoms with Crippen molar-refractivity contribution in [2.24, 2.45) is 5.92 Å². The highest BCUT2D eigenvalue weighted by atomic mass is 16.2. The van der Waals surface area contributed by atoms with Crippen LogP contribution in [0.4, 0.5) is 10.5 Å². The molecular formula is C14H16N4O3. The van der Waals surface area contributed by atoms with Crippen LogP contribution in [0, 0.1) is 5.92 Å². The minimum absolute atomic E-state index is 0.183. The summed E-state index contributed by atoms with van der Waals surface area (Å²) in [7, 11) is 0. The molecule has 1 saturated heterocycles. The fourth-order valence-electron chi connectivity index (χ4n) is 2.58. The first kappa shape index (κ1) is 13.5. The van der Waals surface area contributed by atoms with Gasteiger partial charge in [0.25, 0.3) is 5.91 Å². The Morgan fingerprint density at radius 1 is 1.43 bits per heavy atom. The topological polar surface area (TPSA) is 91.4 Å². The second kappa shape index (κ2) is 4.83. The van der Waals surface area contributed by atoms with E-state index in [-0.39, 0.29) is 18.4 Å². The van der Waals surface area contributed by atoms with Crippen LogP contribution in [0.15, 0.2) is 24.5 Å². The van der Waals surface area contributed by atoms with Crippen molar-refractivity contribution in [3.63, 3.8) is 0 Å². The lowest BCUT2D eigenvalue weighted by Gasteiger charge is -2.20. The van der Waals surface area contributed by atoms with Gasteiger partial charge < -0.3 is 10.6 Å². The first-order valence-corrected chi connectivity index (χ1v) is 6.84. The van der Waals surface area contributed by atoms with Crippen molar-refractivity contribution in [2.75, 3.05) is 11.9 Å². The number of rotatable bonds is 4. The molecule has 1 aromatic heterocycles. The van der Waals surface area contributed by atoms with E-state index >= 15 is 0 Å². The van der Waals surface area contributed by atoms with Gasteiger partial charge in [0.2, 0.25) is 5.91 Å². The summed E-state index contributed by atoms with van der Waals surface area (Å²) >= 11 is 0. The van der Waals surface area contributed by atoms with E-state index in [1.165, 1.54) is 0 Å². The first-order valence-electron chi connectivity index (χ1n) is 6.84. The van der Waals surface area contributed by atoms with Crippen molar-refractivity contribution in [3.8, 4) is 0 Å². The molecule has 1 aromatic rings. The van der Waals surface area contributed by atoms with Crippen molar-refractivity contribution in [3.05, 3.63) is 24.5 Å². The minimum Gasteiger partial charge on any atom is -0.324 e. The summed E-state index contributed by atoms with van der Waals surface area (Å²) in [6.45, 7) is 1.45. The van der Waals surface area contributed by atoms with Crippen LogP contribution in [-0.2, 0) is 9.59 Å². The summed E-state index contributed by atoms with van der Waals surface area (Å²) in [5.74, 6) is -0.549. The molecule has 1 aliphatic heterocycles. The minimum atomic E-state index is -0.853. The summed E-state index contributed by atoms with van der Waals surface area (Å²) < 4.78 is 0. The van der Waals surface area contributed by atoms with Crippen LogP contribution in [0.5, 0.6) is 0 Å². The average molecular weight is 288 g/mol. The molecule has 3 rings (SSSR count). The van der Waals surface area contributed by atoms with E-state index in [2.05, 4.69) is 15.6 Å². The monoisotopic (exact) mass is 288 g/mol. The first-order chi connectivity index (χ1) is 10.0. The van der Waals surface area contributed by atoms with E-state index in [0.29, 0.717) is 5.69 Å². The molecule has 1 saturated carbocycles. The summed E-state index contributed by atoms with van der Waals surface area (Å²) in [5, 5.41) is 5.34. The second-order valence-corrected chi connectivity index (χ2v) is 5.58. The molecular weight excluding hydrogens is 272 g/mol. The highest BCUT2D eigenvalue weighted by Gasteiger charge is 2.56. The fourth-order valence-corrected chi connectivity index (χ4v) is 2.58. The van der Waals surface area contributed by atoms with E-state index in [0.717, 1.165) is 17.7 Å². The van der Waals surface area contributed by atoms with E-state index < -0.39 is 17.5 Å². The van der Waals surface area contributed by atoms with Crippen LogP contribution in [0.2, 0.25) is 0 Å². The lowest BCUT2D eigenvalue weighted by Crippen LogP contribution is -2.46. The van der Waals surface area contributed by atoms with Crippen LogP contribution in [0.1, 0.15) is 19.8 Å². The largest absolute Gasteiger partial charge is 0.325 e. The molecule has 1 atom stereocenters. The van der Waals surface area contributed by atoms with E-state index in [9.17, 15) is 14.4 Å². The molecule has 1 aliphatic carbocycles. The molecule has 21 heavy (non-hydrogen) atoms. The van der Waals surface area contributed by atoms with Gasteiger partial charge in [-0.25, -0.2) is 4.79 Å². The third kappa shape index (κ3) is 2.46. The van der Waals surface area contributed by atoms with Crippen LogP contribution in [0.25, 0.3) is 0 Å². The van der Waals surface area contributed by atoms with Gasteiger partial charge in [-0.05, 0) is 37.8 Å². The van der Waals surface area contributed by atoms with E-state index in [1.807, 2.05) is 0 Å². The Labute approximate surface area is 121 Å². The maximum absolute atomic E-state index is 12.4. The SMILES string of the molecule is CC1(C2CC2)NC(=O)N(CC(=O)Nc2ccncc2)C1=O. The summed E-state index contributed by atoms with van der Waals surface area (Å²) in [4.78, 5) is 41.1. The number of carbonyl (C=O) groups is 3. The number of carbonyl (C=O) groups excluding carboxylic acids is 3. The van der Waals surface area contributed by atoms with Crippen molar-refractivity contribution < 1.29 is 14.4 Å². The second-order valence-electron chi connectivity index (χ2n) is 5.58. The third-order valence-corrected chi connectivity index (χ3v) is 3.96. The molecule has 7 heteroatoms. The van der Waals surface area contributed by atoms with Gasteiger partial charge in [0, 0.05) is 18.1 Å². The Bertz CT molecular complexity index is 599. The average Bonchev–Trinajstić information content (AvgIpc) is 3.26. The zero-order chi connectivity index (χ0) is 15.0. The highest BCUT2D eigenvalue weighted by molar-refractivity contribution is 6.10. The number of aromatic nitrogens is 1. The molecule has 0 radical (unpaired) electrons. The molecule has 1 unspecified atom stereocenters. The molecule has 0 bridgehead atoms. The lowest BCUT2D eigenvalue weighted by atomic mass is 9.96. The van der Waals surface area contributed by atoms with Gasteiger partial charge in [0.15, 0.2) is 0 Å². The Kier molecular flexibility index (Phi) is 3.12. The van der Waals surface area contributed by atoms with Crippen molar-refractivity contribution in [1.29, 1.82) is 0 Å². The molecule has 7 nitrogen and oxygen atoms in total. The van der Waals surface area contributed by atoms with Gasteiger partial charge in [0.05, 0.1) is 0 Å². The Morgan fingerprint density at radius 2 is 2.10 bits per heavy atom. The number of nitrogens with zero attached hydrogens (tertiary/aromatic N) is 2. The van der Waals surface area contributed by atoms with Gasteiger partial charge in [0.1, 0.15) is 12.1 Å². The van der Waals surface area contributed by atoms with Crippen LogP contribution < -0.4 is 10.6 Å². The molecule has 0 aromatic carbocycles. The maximum atomic E-state index is 12.4. The number of hydrogen-bond donors (Lipinski definition) is 2. The van der Waals surface area contributed by atoms with Gasteiger partial charge in [-0.1, -0.05) is 0 Å². The standard InChI is InChI=1S/C14H16N4O3/c1-14(9-2-3-9)12(20)18(13(21)17-14)8-11(19)16-10-4-6-15-7-5-10/h4-7,9H,2-3,8H2,1H3,(H,17,21)(H,15,16,19). The predicted octanol–water partition coefficient (Wildman–Crippen LogP) is 0.741. The number of pyridine rings is 1. The molecule has 4 amide bonds. The third-order valence-electron chi connectivity index (χ3n) is 3.96. The normalized spacial score (nSPS) is 24.9. The maximum Gasteiger partial charge on any atom is 0.325 e. The summed E-state index contributed by atoms with van der Waals surface area (Å²) in [6.07, 6.45) is 4.96. The molecule has 110 valence electrons. The number of nitrogens with one attached hydrogen (secondary N) is 2. The van der Waals surface area contributed by atoms with Gasteiger partial charge >= 0.3 is 6.03 Å².